The van der Waals surface area contributed by atoms with Crippen molar-refractivity contribution in [3.63, 3.8) is 0 Å². The number of para-hydroxylation sites is 1. The average Bonchev–Trinajstić information content (AvgIpc) is 3.22. The SMILES string of the molecule is CCc1cccc(C)c1NC(=O)CSc1nnc([C@H](C)NC(=O)c2ccc(C)cc2)n1CC. The van der Waals surface area contributed by atoms with Gasteiger partial charge in [-0.05, 0) is 57.4 Å². The molecular formula is C25H31N5O2S. The van der Waals surface area contributed by atoms with E-state index in [1.165, 1.54) is 11.8 Å². The predicted octanol–water partition coefficient (Wildman–Crippen LogP) is 4.70. The standard InChI is InChI=1S/C25H31N5O2S/c1-6-19-10-8-9-17(4)22(19)27-21(31)15-33-25-29-28-23(30(25)7-2)18(5)26-24(32)20-13-11-16(3)12-14-20/h8-14,18H,6-7,15H2,1-5H3,(H,26,32)(H,27,31)/t18-/m0/s1. The Kier molecular flexibility index (Phi) is 8.27. The third kappa shape index (κ3) is 6.01. The average molecular weight is 466 g/mol. The van der Waals surface area contributed by atoms with E-state index in [0.717, 1.165) is 28.8 Å². The molecule has 2 aromatic carbocycles. The van der Waals surface area contributed by atoms with Crippen LogP contribution in [0.4, 0.5) is 5.69 Å². The van der Waals surface area contributed by atoms with Crippen LogP contribution in [0.2, 0.25) is 0 Å². The fourth-order valence-electron chi connectivity index (χ4n) is 3.58. The molecule has 1 atom stereocenters. The minimum Gasteiger partial charge on any atom is -0.342 e. The van der Waals surface area contributed by atoms with E-state index in [2.05, 4.69) is 27.8 Å². The first kappa shape index (κ1) is 24.5. The number of nitrogens with zero attached hydrogens (tertiary/aromatic N) is 3. The first-order valence-electron chi connectivity index (χ1n) is 11.2. The van der Waals surface area contributed by atoms with Gasteiger partial charge in [-0.3, -0.25) is 9.59 Å². The van der Waals surface area contributed by atoms with Crippen molar-refractivity contribution in [1.82, 2.24) is 20.1 Å². The van der Waals surface area contributed by atoms with E-state index in [4.69, 9.17) is 0 Å². The number of carbonyl (C=O) groups is 2. The Balaban J connectivity index is 1.65. The van der Waals surface area contributed by atoms with Gasteiger partial charge in [0.15, 0.2) is 11.0 Å². The van der Waals surface area contributed by atoms with Gasteiger partial charge in [0, 0.05) is 17.8 Å². The number of aryl methyl sites for hydroxylation is 3. The molecule has 174 valence electrons. The number of anilines is 1. The van der Waals surface area contributed by atoms with Gasteiger partial charge in [-0.25, -0.2) is 0 Å². The van der Waals surface area contributed by atoms with Crippen LogP contribution in [0.25, 0.3) is 0 Å². The lowest BCUT2D eigenvalue weighted by molar-refractivity contribution is -0.113. The summed E-state index contributed by atoms with van der Waals surface area (Å²) in [4.78, 5) is 25.2. The van der Waals surface area contributed by atoms with Crippen LogP contribution in [-0.4, -0.2) is 32.3 Å². The molecule has 1 heterocycles. The van der Waals surface area contributed by atoms with E-state index in [1.807, 2.05) is 62.6 Å². The highest BCUT2D eigenvalue weighted by molar-refractivity contribution is 7.99. The normalized spacial score (nSPS) is 11.8. The second-order valence-electron chi connectivity index (χ2n) is 7.95. The van der Waals surface area contributed by atoms with Crippen LogP contribution >= 0.6 is 11.8 Å². The van der Waals surface area contributed by atoms with Gasteiger partial charge in [-0.1, -0.05) is 54.6 Å². The molecule has 3 rings (SSSR count). The Hall–Kier alpha value is -3.13. The lowest BCUT2D eigenvalue weighted by Crippen LogP contribution is -2.28. The molecule has 0 saturated heterocycles. The van der Waals surface area contributed by atoms with Crippen molar-refractivity contribution in [2.75, 3.05) is 11.1 Å². The zero-order chi connectivity index (χ0) is 24.0. The summed E-state index contributed by atoms with van der Waals surface area (Å²) in [6.45, 7) is 10.6. The first-order chi connectivity index (χ1) is 15.8. The summed E-state index contributed by atoms with van der Waals surface area (Å²) >= 11 is 1.34. The molecule has 0 saturated carbocycles. The molecule has 0 radical (unpaired) electrons. The van der Waals surface area contributed by atoms with Crippen LogP contribution in [-0.2, 0) is 17.8 Å². The van der Waals surface area contributed by atoms with Gasteiger partial charge in [-0.2, -0.15) is 0 Å². The van der Waals surface area contributed by atoms with Crippen molar-refractivity contribution in [1.29, 1.82) is 0 Å². The van der Waals surface area contributed by atoms with Crippen LogP contribution in [0.1, 0.15) is 59.7 Å². The van der Waals surface area contributed by atoms with E-state index in [1.54, 1.807) is 12.1 Å². The summed E-state index contributed by atoms with van der Waals surface area (Å²) in [5.74, 6) is 0.636. The van der Waals surface area contributed by atoms with E-state index in [-0.39, 0.29) is 23.6 Å². The molecule has 0 bridgehead atoms. The van der Waals surface area contributed by atoms with E-state index < -0.39 is 0 Å². The maximum absolute atomic E-state index is 12.6. The lowest BCUT2D eigenvalue weighted by Gasteiger charge is -2.15. The summed E-state index contributed by atoms with van der Waals surface area (Å²) in [6, 6.07) is 13.1. The zero-order valence-electron chi connectivity index (χ0n) is 19.8. The fraction of sp³-hybridized carbons (Fsp3) is 0.360. The Morgan fingerprint density at radius 3 is 2.45 bits per heavy atom. The molecule has 0 fully saturated rings. The van der Waals surface area contributed by atoms with Gasteiger partial charge < -0.3 is 15.2 Å². The number of hydrogen-bond acceptors (Lipinski definition) is 5. The quantitative estimate of drug-likeness (QED) is 0.447. The second-order valence-corrected chi connectivity index (χ2v) is 8.89. The Morgan fingerprint density at radius 2 is 1.79 bits per heavy atom. The molecule has 0 aliphatic carbocycles. The number of aromatic nitrogens is 3. The van der Waals surface area contributed by atoms with Gasteiger partial charge in [0.05, 0.1) is 11.8 Å². The predicted molar refractivity (Wildman–Crippen MR) is 133 cm³/mol. The number of amides is 2. The summed E-state index contributed by atoms with van der Waals surface area (Å²) in [5, 5.41) is 15.3. The second kappa shape index (κ2) is 11.1. The molecule has 0 aliphatic heterocycles. The minimum atomic E-state index is -0.325. The van der Waals surface area contributed by atoms with Crippen LogP contribution in [0, 0.1) is 13.8 Å². The molecule has 8 heteroatoms. The van der Waals surface area contributed by atoms with E-state index in [9.17, 15) is 9.59 Å². The molecule has 0 unspecified atom stereocenters. The molecule has 7 nitrogen and oxygen atoms in total. The van der Waals surface area contributed by atoms with Crippen molar-refractivity contribution in [2.24, 2.45) is 0 Å². The van der Waals surface area contributed by atoms with Crippen LogP contribution in [0.3, 0.4) is 0 Å². The molecule has 33 heavy (non-hydrogen) atoms. The Labute approximate surface area is 199 Å². The zero-order valence-corrected chi connectivity index (χ0v) is 20.6. The smallest absolute Gasteiger partial charge is 0.251 e. The molecule has 1 aromatic heterocycles. The lowest BCUT2D eigenvalue weighted by atomic mass is 10.1. The fourth-order valence-corrected chi connectivity index (χ4v) is 4.39. The number of benzene rings is 2. The molecule has 0 aliphatic rings. The van der Waals surface area contributed by atoms with E-state index >= 15 is 0 Å². The molecule has 2 N–H and O–H groups in total. The largest absolute Gasteiger partial charge is 0.342 e. The summed E-state index contributed by atoms with van der Waals surface area (Å²) in [5.41, 5.74) is 4.75. The molecular weight excluding hydrogens is 434 g/mol. The minimum absolute atomic E-state index is 0.0862. The highest BCUT2D eigenvalue weighted by Crippen LogP contribution is 2.24. The molecule has 0 spiro atoms. The monoisotopic (exact) mass is 465 g/mol. The van der Waals surface area contributed by atoms with E-state index in [0.29, 0.717) is 23.1 Å². The summed E-state index contributed by atoms with van der Waals surface area (Å²) in [6.07, 6.45) is 0.851. The molecule has 3 aromatic rings. The number of nitrogens with one attached hydrogen (secondary N) is 2. The molecule has 2 amide bonds. The van der Waals surface area contributed by atoms with Crippen LogP contribution in [0.5, 0.6) is 0 Å². The van der Waals surface area contributed by atoms with Gasteiger partial charge in [0.25, 0.3) is 5.91 Å². The highest BCUT2D eigenvalue weighted by Gasteiger charge is 2.20. The Bertz CT molecular complexity index is 1120. The highest BCUT2D eigenvalue weighted by atomic mass is 32.2. The first-order valence-corrected chi connectivity index (χ1v) is 12.1. The van der Waals surface area contributed by atoms with Gasteiger partial charge in [0.1, 0.15) is 0 Å². The van der Waals surface area contributed by atoms with Crippen molar-refractivity contribution in [2.45, 2.75) is 58.8 Å². The summed E-state index contributed by atoms with van der Waals surface area (Å²) in [7, 11) is 0. The summed E-state index contributed by atoms with van der Waals surface area (Å²) < 4.78 is 1.93. The van der Waals surface area contributed by atoms with Gasteiger partial charge in [-0.15, -0.1) is 10.2 Å². The maximum atomic E-state index is 12.6. The van der Waals surface area contributed by atoms with Crippen molar-refractivity contribution in [3.05, 3.63) is 70.5 Å². The Morgan fingerprint density at radius 1 is 1.06 bits per heavy atom. The number of hydrogen-bond donors (Lipinski definition) is 2. The number of thioether (sulfide) groups is 1. The van der Waals surface area contributed by atoms with Crippen LogP contribution in [0.15, 0.2) is 47.6 Å². The third-order valence-electron chi connectivity index (χ3n) is 5.45. The number of carbonyl (C=O) groups excluding carboxylic acids is 2. The third-order valence-corrected chi connectivity index (χ3v) is 6.41. The van der Waals surface area contributed by atoms with Crippen molar-refractivity contribution in [3.8, 4) is 0 Å². The van der Waals surface area contributed by atoms with Crippen molar-refractivity contribution >= 4 is 29.3 Å². The maximum Gasteiger partial charge on any atom is 0.251 e. The topological polar surface area (TPSA) is 88.9 Å². The van der Waals surface area contributed by atoms with Crippen LogP contribution < -0.4 is 10.6 Å². The van der Waals surface area contributed by atoms with Crippen molar-refractivity contribution < 1.29 is 9.59 Å². The van der Waals surface area contributed by atoms with Gasteiger partial charge >= 0.3 is 0 Å². The van der Waals surface area contributed by atoms with Gasteiger partial charge in [0.2, 0.25) is 5.91 Å². The number of rotatable bonds is 9.